The molecule has 1 aromatic carbocycles. The Morgan fingerprint density at radius 2 is 1.87 bits per heavy atom. The van der Waals surface area contributed by atoms with Crippen LogP contribution < -0.4 is 4.74 Å². The van der Waals surface area contributed by atoms with Gasteiger partial charge in [-0.3, -0.25) is 0 Å². The van der Waals surface area contributed by atoms with E-state index >= 15 is 0 Å². The lowest BCUT2D eigenvalue weighted by atomic mass is 10.1. The van der Waals surface area contributed by atoms with E-state index in [0.717, 1.165) is 22.8 Å². The van der Waals surface area contributed by atoms with Crippen molar-refractivity contribution in [2.24, 2.45) is 7.05 Å². The molecule has 0 bridgehead atoms. The van der Waals surface area contributed by atoms with Crippen molar-refractivity contribution in [2.75, 3.05) is 0 Å². The minimum atomic E-state index is 0.812. The highest BCUT2D eigenvalue weighted by molar-refractivity contribution is 5.41. The maximum absolute atomic E-state index is 5.84. The molecule has 0 saturated heterocycles. The van der Waals surface area contributed by atoms with Crippen LogP contribution in [0.3, 0.4) is 0 Å². The van der Waals surface area contributed by atoms with Crippen molar-refractivity contribution in [3.63, 3.8) is 0 Å². The van der Waals surface area contributed by atoms with Crippen molar-refractivity contribution >= 4 is 0 Å². The lowest BCUT2D eigenvalue weighted by Gasteiger charge is -2.11. The van der Waals surface area contributed by atoms with Crippen molar-refractivity contribution in [1.82, 2.24) is 4.57 Å². The number of benzene rings is 1. The number of aromatic nitrogens is 1. The second-order valence-corrected chi connectivity index (χ2v) is 3.71. The second kappa shape index (κ2) is 3.81. The Balaban J connectivity index is 2.36. The summed E-state index contributed by atoms with van der Waals surface area (Å²) < 4.78 is 7.75. The summed E-state index contributed by atoms with van der Waals surface area (Å²) in [6, 6.07) is 11.0. The molecular weight excluding hydrogens is 186 g/mol. The summed E-state index contributed by atoms with van der Waals surface area (Å²) in [4.78, 5) is 0. The molecule has 1 heterocycles. The van der Waals surface area contributed by atoms with E-state index in [1.54, 1.807) is 0 Å². The SMILES string of the molecule is Cc1cccc(C)c1Oc1c[c]cn1C. The third kappa shape index (κ3) is 1.89. The molecule has 0 aliphatic heterocycles. The predicted molar refractivity (Wildman–Crippen MR) is 60.2 cm³/mol. The van der Waals surface area contributed by atoms with Crippen molar-refractivity contribution in [2.45, 2.75) is 13.8 Å². The zero-order chi connectivity index (χ0) is 10.8. The van der Waals surface area contributed by atoms with Crippen LogP contribution in [0, 0.1) is 19.9 Å². The molecule has 0 aliphatic rings. The van der Waals surface area contributed by atoms with Gasteiger partial charge in [-0.05, 0) is 25.0 Å². The van der Waals surface area contributed by atoms with Gasteiger partial charge >= 0.3 is 0 Å². The number of nitrogens with zero attached hydrogens (tertiary/aromatic N) is 1. The van der Waals surface area contributed by atoms with Gasteiger partial charge in [-0.25, -0.2) is 0 Å². The van der Waals surface area contributed by atoms with Gasteiger partial charge in [0.1, 0.15) is 5.75 Å². The summed E-state index contributed by atoms with van der Waals surface area (Å²) in [5, 5.41) is 0. The molecular formula is C13H14NO. The molecule has 0 N–H and O–H groups in total. The molecule has 2 nitrogen and oxygen atoms in total. The molecule has 0 saturated carbocycles. The number of rotatable bonds is 2. The quantitative estimate of drug-likeness (QED) is 0.726. The van der Waals surface area contributed by atoms with Gasteiger partial charge in [0.2, 0.25) is 0 Å². The monoisotopic (exact) mass is 200 g/mol. The van der Waals surface area contributed by atoms with Gasteiger partial charge < -0.3 is 9.30 Å². The van der Waals surface area contributed by atoms with Crippen LogP contribution in [0.25, 0.3) is 0 Å². The molecule has 0 atom stereocenters. The topological polar surface area (TPSA) is 14.2 Å². The predicted octanol–water partition coefficient (Wildman–Crippen LogP) is 3.23. The average Bonchev–Trinajstić information content (AvgIpc) is 2.58. The van der Waals surface area contributed by atoms with Crippen LogP contribution in [0.4, 0.5) is 0 Å². The number of aryl methyl sites for hydroxylation is 3. The second-order valence-electron chi connectivity index (χ2n) is 3.71. The first-order valence-corrected chi connectivity index (χ1v) is 4.95. The highest BCUT2D eigenvalue weighted by atomic mass is 16.5. The highest BCUT2D eigenvalue weighted by Crippen LogP contribution is 2.27. The largest absolute Gasteiger partial charge is 0.440 e. The Hall–Kier alpha value is -1.70. The van der Waals surface area contributed by atoms with Gasteiger partial charge in [-0.1, -0.05) is 18.2 Å². The van der Waals surface area contributed by atoms with E-state index in [-0.39, 0.29) is 0 Å². The zero-order valence-electron chi connectivity index (χ0n) is 9.24. The number of hydrogen-bond acceptors (Lipinski definition) is 1. The number of hydrogen-bond donors (Lipinski definition) is 0. The van der Waals surface area contributed by atoms with E-state index in [4.69, 9.17) is 4.74 Å². The molecule has 1 radical (unpaired) electrons. The zero-order valence-corrected chi connectivity index (χ0v) is 9.24. The fourth-order valence-electron chi connectivity index (χ4n) is 1.55. The van der Waals surface area contributed by atoms with E-state index in [2.05, 4.69) is 32.0 Å². The third-order valence-electron chi connectivity index (χ3n) is 2.44. The maximum atomic E-state index is 5.84. The molecule has 0 aliphatic carbocycles. The Morgan fingerprint density at radius 3 is 2.40 bits per heavy atom. The summed E-state index contributed by atoms with van der Waals surface area (Å²) >= 11 is 0. The minimum absolute atomic E-state index is 0.812. The van der Waals surface area contributed by atoms with E-state index in [1.165, 1.54) is 0 Å². The molecule has 2 aromatic rings. The Labute approximate surface area is 90.1 Å². The van der Waals surface area contributed by atoms with Crippen LogP contribution in [0.2, 0.25) is 0 Å². The lowest BCUT2D eigenvalue weighted by molar-refractivity contribution is 0.437. The van der Waals surface area contributed by atoms with Crippen molar-refractivity contribution in [1.29, 1.82) is 0 Å². The van der Waals surface area contributed by atoms with Crippen LogP contribution in [0.15, 0.2) is 30.5 Å². The Morgan fingerprint density at radius 1 is 1.20 bits per heavy atom. The van der Waals surface area contributed by atoms with Crippen molar-refractivity contribution in [3.05, 3.63) is 47.7 Å². The normalized spacial score (nSPS) is 10.3. The molecule has 2 rings (SSSR count). The fourth-order valence-corrected chi connectivity index (χ4v) is 1.55. The lowest BCUT2D eigenvalue weighted by Crippen LogP contribution is -1.95. The Bertz CT molecular complexity index is 451. The molecule has 0 unspecified atom stereocenters. The smallest absolute Gasteiger partial charge is 0.200 e. The van der Waals surface area contributed by atoms with Gasteiger partial charge in [-0.2, -0.15) is 0 Å². The van der Waals surface area contributed by atoms with E-state index in [9.17, 15) is 0 Å². The Kier molecular flexibility index (Phi) is 2.50. The number of ether oxygens (including phenoxy) is 1. The summed E-state index contributed by atoms with van der Waals surface area (Å²) in [6.45, 7) is 4.10. The van der Waals surface area contributed by atoms with E-state index < -0.39 is 0 Å². The summed E-state index contributed by atoms with van der Waals surface area (Å²) in [6.07, 6.45) is 1.85. The third-order valence-corrected chi connectivity index (χ3v) is 2.44. The van der Waals surface area contributed by atoms with Crippen LogP contribution in [0.5, 0.6) is 11.6 Å². The minimum Gasteiger partial charge on any atom is -0.440 e. The standard InChI is InChI=1S/C13H14NO/c1-10-6-4-7-11(2)13(10)15-12-8-5-9-14(12)3/h4,6-9H,1-3H3. The summed E-state index contributed by atoms with van der Waals surface area (Å²) in [5.41, 5.74) is 2.30. The fraction of sp³-hybridized carbons (Fsp3) is 0.231. The maximum Gasteiger partial charge on any atom is 0.200 e. The van der Waals surface area contributed by atoms with Crippen LogP contribution in [-0.2, 0) is 7.05 Å². The van der Waals surface area contributed by atoms with Crippen LogP contribution in [0.1, 0.15) is 11.1 Å². The van der Waals surface area contributed by atoms with Gasteiger partial charge in [0.25, 0.3) is 0 Å². The van der Waals surface area contributed by atoms with Gasteiger partial charge in [0.15, 0.2) is 5.88 Å². The molecule has 0 fully saturated rings. The summed E-state index contributed by atoms with van der Waals surface area (Å²) in [5.74, 6) is 1.75. The van der Waals surface area contributed by atoms with Gasteiger partial charge in [0, 0.05) is 25.4 Å². The first-order valence-electron chi connectivity index (χ1n) is 4.95. The molecule has 15 heavy (non-hydrogen) atoms. The molecule has 0 spiro atoms. The van der Waals surface area contributed by atoms with E-state index in [1.807, 2.05) is 29.9 Å². The van der Waals surface area contributed by atoms with Gasteiger partial charge in [-0.15, -0.1) is 0 Å². The average molecular weight is 200 g/mol. The first kappa shape index (κ1) is 9.84. The number of para-hydroxylation sites is 1. The molecule has 77 valence electrons. The molecule has 0 amide bonds. The molecule has 1 aromatic heterocycles. The van der Waals surface area contributed by atoms with Crippen LogP contribution >= 0.6 is 0 Å². The highest BCUT2D eigenvalue weighted by Gasteiger charge is 2.06. The van der Waals surface area contributed by atoms with Crippen molar-refractivity contribution < 1.29 is 4.74 Å². The van der Waals surface area contributed by atoms with Crippen molar-refractivity contribution in [3.8, 4) is 11.6 Å². The molecule has 2 heteroatoms. The summed E-state index contributed by atoms with van der Waals surface area (Å²) in [7, 11) is 1.94. The first-order chi connectivity index (χ1) is 7.18. The van der Waals surface area contributed by atoms with Crippen LogP contribution in [-0.4, -0.2) is 4.57 Å². The van der Waals surface area contributed by atoms with Gasteiger partial charge in [0.05, 0.1) is 0 Å². The van der Waals surface area contributed by atoms with E-state index in [0.29, 0.717) is 0 Å².